The average molecular weight is 310 g/mol. The minimum absolute atomic E-state index is 0.0445. The number of nitro groups is 1. The Morgan fingerprint density at radius 2 is 1.82 bits per heavy atom. The molecule has 0 aliphatic rings. The Labute approximate surface area is 130 Å². The van der Waals surface area contributed by atoms with Crippen LogP contribution >= 0.6 is 0 Å². The number of hydrogen-bond acceptors (Lipinski definition) is 5. The van der Waals surface area contributed by atoms with E-state index < -0.39 is 4.92 Å². The normalized spacial score (nSPS) is 10.7. The summed E-state index contributed by atoms with van der Waals surface area (Å²) in [6.07, 6.45) is 0. The van der Waals surface area contributed by atoms with E-state index in [0.717, 1.165) is 0 Å². The van der Waals surface area contributed by atoms with Gasteiger partial charge >= 0.3 is 0 Å². The predicted molar refractivity (Wildman–Crippen MR) is 82.3 cm³/mol. The molecule has 0 radical (unpaired) electrons. The van der Waals surface area contributed by atoms with Crippen LogP contribution in [-0.2, 0) is 4.79 Å². The predicted octanol–water partition coefficient (Wildman–Crippen LogP) is 2.63. The number of nitrogens with zero attached hydrogens (tertiary/aromatic N) is 2. The van der Waals surface area contributed by atoms with Crippen molar-refractivity contribution in [2.75, 3.05) is 13.7 Å². The first-order chi connectivity index (χ1) is 10.3. The summed E-state index contributed by atoms with van der Waals surface area (Å²) in [6.45, 7) is 7.49. The third-order valence-corrected chi connectivity index (χ3v) is 3.11. The molecule has 0 aliphatic carbocycles. The molecule has 22 heavy (non-hydrogen) atoms. The zero-order chi connectivity index (χ0) is 16.9. The summed E-state index contributed by atoms with van der Waals surface area (Å²) in [5.41, 5.74) is -0.118. The Hall–Kier alpha value is -2.31. The van der Waals surface area contributed by atoms with Gasteiger partial charge in [0.05, 0.1) is 18.1 Å². The number of methoxy groups -OCH3 is 1. The second-order valence-corrected chi connectivity index (χ2v) is 5.37. The summed E-state index contributed by atoms with van der Waals surface area (Å²) in [6, 6.07) is 4.11. The first-order valence-electron chi connectivity index (χ1n) is 7.04. The van der Waals surface area contributed by atoms with E-state index in [0.29, 0.717) is 5.75 Å². The highest BCUT2D eigenvalue weighted by atomic mass is 16.6. The number of rotatable bonds is 7. The van der Waals surface area contributed by atoms with Crippen LogP contribution in [-0.4, -0.2) is 41.5 Å². The van der Waals surface area contributed by atoms with Gasteiger partial charge in [-0.05, 0) is 33.8 Å². The number of carbonyl (C=O) groups is 1. The second kappa shape index (κ2) is 7.63. The summed E-state index contributed by atoms with van der Waals surface area (Å²) in [7, 11) is 1.43. The molecular weight excluding hydrogens is 288 g/mol. The fourth-order valence-corrected chi connectivity index (χ4v) is 2.28. The van der Waals surface area contributed by atoms with Gasteiger partial charge in [0, 0.05) is 18.2 Å². The third-order valence-electron chi connectivity index (χ3n) is 3.11. The van der Waals surface area contributed by atoms with Crippen LogP contribution in [0, 0.1) is 10.1 Å². The van der Waals surface area contributed by atoms with Gasteiger partial charge in [-0.15, -0.1) is 0 Å². The molecule has 7 heteroatoms. The smallest absolute Gasteiger partial charge is 0.273 e. The minimum atomic E-state index is -0.525. The van der Waals surface area contributed by atoms with E-state index >= 15 is 0 Å². The van der Waals surface area contributed by atoms with E-state index in [1.165, 1.54) is 25.3 Å². The van der Waals surface area contributed by atoms with Crippen molar-refractivity contribution >= 4 is 11.6 Å². The quantitative estimate of drug-likeness (QED) is 0.571. The lowest BCUT2D eigenvalue weighted by Gasteiger charge is -2.30. The molecule has 0 fully saturated rings. The highest BCUT2D eigenvalue weighted by Crippen LogP contribution is 2.31. The maximum absolute atomic E-state index is 12.2. The van der Waals surface area contributed by atoms with Crippen molar-refractivity contribution in [3.63, 3.8) is 0 Å². The molecule has 0 aliphatic heterocycles. The van der Waals surface area contributed by atoms with Crippen molar-refractivity contribution in [2.24, 2.45) is 0 Å². The second-order valence-electron chi connectivity index (χ2n) is 5.37. The summed E-state index contributed by atoms with van der Waals surface area (Å²) in [4.78, 5) is 24.2. The number of ether oxygens (including phenoxy) is 2. The van der Waals surface area contributed by atoms with Crippen LogP contribution in [0.5, 0.6) is 11.5 Å². The molecule has 0 spiro atoms. The van der Waals surface area contributed by atoms with Crippen molar-refractivity contribution in [3.8, 4) is 11.5 Å². The zero-order valence-electron chi connectivity index (χ0n) is 13.5. The summed E-state index contributed by atoms with van der Waals surface area (Å²) < 4.78 is 10.5. The number of carbonyl (C=O) groups excluding carboxylic acids is 1. The van der Waals surface area contributed by atoms with E-state index in [-0.39, 0.29) is 36.0 Å². The van der Waals surface area contributed by atoms with Gasteiger partial charge in [-0.25, -0.2) is 0 Å². The average Bonchev–Trinajstić information content (AvgIpc) is 2.43. The van der Waals surface area contributed by atoms with Gasteiger partial charge in [0.1, 0.15) is 0 Å². The lowest BCUT2D eigenvalue weighted by atomic mass is 10.2. The zero-order valence-corrected chi connectivity index (χ0v) is 13.5. The standard InChI is InChI=1S/C15H22N2O5/c1-10(2)16(11(3)4)15(18)9-22-14-8-12(17(19)20)6-7-13(14)21-5/h6-8,10-11H,9H2,1-5H3. The van der Waals surface area contributed by atoms with Crippen molar-refractivity contribution in [2.45, 2.75) is 39.8 Å². The van der Waals surface area contributed by atoms with Crippen molar-refractivity contribution in [3.05, 3.63) is 28.3 Å². The molecule has 0 aromatic heterocycles. The SMILES string of the molecule is COc1ccc([N+](=O)[O-])cc1OCC(=O)N(C(C)C)C(C)C. The van der Waals surface area contributed by atoms with Crippen molar-refractivity contribution < 1.29 is 19.2 Å². The number of benzene rings is 1. The van der Waals surface area contributed by atoms with Crippen LogP contribution in [0.2, 0.25) is 0 Å². The molecule has 0 bridgehead atoms. The van der Waals surface area contributed by atoms with Gasteiger partial charge in [-0.3, -0.25) is 14.9 Å². The molecule has 1 aromatic carbocycles. The molecule has 0 saturated carbocycles. The van der Waals surface area contributed by atoms with Gasteiger partial charge < -0.3 is 14.4 Å². The van der Waals surface area contributed by atoms with E-state index in [9.17, 15) is 14.9 Å². The Morgan fingerprint density at radius 3 is 2.27 bits per heavy atom. The Morgan fingerprint density at radius 1 is 1.23 bits per heavy atom. The maximum atomic E-state index is 12.2. The Balaban J connectivity index is 2.88. The van der Waals surface area contributed by atoms with Gasteiger partial charge in [0.2, 0.25) is 0 Å². The minimum Gasteiger partial charge on any atom is -0.493 e. The van der Waals surface area contributed by atoms with Gasteiger partial charge in [-0.1, -0.05) is 0 Å². The summed E-state index contributed by atoms with van der Waals surface area (Å²) in [5, 5.41) is 10.8. The van der Waals surface area contributed by atoms with Crippen LogP contribution in [0.15, 0.2) is 18.2 Å². The molecular formula is C15H22N2O5. The highest BCUT2D eigenvalue weighted by Gasteiger charge is 2.21. The third kappa shape index (κ3) is 4.34. The van der Waals surface area contributed by atoms with Crippen LogP contribution < -0.4 is 9.47 Å². The molecule has 1 amide bonds. The van der Waals surface area contributed by atoms with Crippen molar-refractivity contribution in [1.82, 2.24) is 4.90 Å². The monoisotopic (exact) mass is 310 g/mol. The van der Waals surface area contributed by atoms with E-state index in [1.807, 2.05) is 27.7 Å². The molecule has 7 nitrogen and oxygen atoms in total. The lowest BCUT2D eigenvalue weighted by molar-refractivity contribution is -0.385. The molecule has 122 valence electrons. The first kappa shape index (κ1) is 17.7. The summed E-state index contributed by atoms with van der Waals surface area (Å²) in [5.74, 6) is 0.343. The van der Waals surface area contributed by atoms with Gasteiger partial charge in [0.15, 0.2) is 18.1 Å². The van der Waals surface area contributed by atoms with E-state index in [2.05, 4.69) is 0 Å². The van der Waals surface area contributed by atoms with Crippen molar-refractivity contribution in [1.29, 1.82) is 0 Å². The van der Waals surface area contributed by atoms with Crippen LogP contribution in [0.3, 0.4) is 0 Å². The van der Waals surface area contributed by atoms with E-state index in [4.69, 9.17) is 9.47 Å². The number of non-ortho nitro benzene ring substituents is 1. The molecule has 0 saturated heterocycles. The highest BCUT2D eigenvalue weighted by molar-refractivity contribution is 5.78. The maximum Gasteiger partial charge on any atom is 0.273 e. The number of nitro benzene ring substituents is 1. The van der Waals surface area contributed by atoms with E-state index in [1.54, 1.807) is 4.90 Å². The lowest BCUT2D eigenvalue weighted by Crippen LogP contribution is -2.44. The van der Waals surface area contributed by atoms with Gasteiger partial charge in [-0.2, -0.15) is 0 Å². The molecule has 1 aromatic rings. The largest absolute Gasteiger partial charge is 0.493 e. The van der Waals surface area contributed by atoms with Gasteiger partial charge in [0.25, 0.3) is 11.6 Å². The van der Waals surface area contributed by atoms with Crippen LogP contribution in [0.1, 0.15) is 27.7 Å². The van der Waals surface area contributed by atoms with Crippen LogP contribution in [0.25, 0.3) is 0 Å². The molecule has 0 N–H and O–H groups in total. The molecule has 0 atom stereocenters. The fourth-order valence-electron chi connectivity index (χ4n) is 2.28. The topological polar surface area (TPSA) is 81.9 Å². The summed E-state index contributed by atoms with van der Waals surface area (Å²) >= 11 is 0. The Bertz CT molecular complexity index is 535. The number of hydrogen-bond donors (Lipinski definition) is 0. The molecule has 0 heterocycles. The fraction of sp³-hybridized carbons (Fsp3) is 0.533. The molecule has 0 unspecified atom stereocenters. The molecule has 1 rings (SSSR count). The number of amides is 1. The van der Waals surface area contributed by atoms with Crippen LogP contribution in [0.4, 0.5) is 5.69 Å². The Kier molecular flexibility index (Phi) is 6.15. The first-order valence-corrected chi connectivity index (χ1v) is 7.04.